The van der Waals surface area contributed by atoms with E-state index in [1.807, 2.05) is 74.5 Å². The Kier molecular flexibility index (Phi) is 5.87. The van der Waals surface area contributed by atoms with Crippen molar-refractivity contribution < 1.29 is 14.4 Å². The van der Waals surface area contributed by atoms with Crippen molar-refractivity contribution in [2.75, 3.05) is 10.2 Å². The molecule has 4 unspecified atom stereocenters. The van der Waals surface area contributed by atoms with Crippen molar-refractivity contribution in [1.29, 1.82) is 0 Å². The van der Waals surface area contributed by atoms with Crippen molar-refractivity contribution >= 4 is 34.4 Å². The fraction of sp³-hybridized carbons (Fsp3) is 0.324. The summed E-state index contributed by atoms with van der Waals surface area (Å²) in [4.78, 5) is 44.5. The van der Waals surface area contributed by atoms with E-state index in [-0.39, 0.29) is 17.5 Å². The first kappa shape index (κ1) is 25.3. The number of anilines is 2. The zero-order chi connectivity index (χ0) is 27.6. The van der Waals surface area contributed by atoms with E-state index < -0.39 is 23.4 Å². The second-order valence-corrected chi connectivity index (χ2v) is 11.8. The van der Waals surface area contributed by atoms with Gasteiger partial charge in [0.2, 0.25) is 5.91 Å². The minimum absolute atomic E-state index is 0.122. The Morgan fingerprint density at radius 2 is 1.72 bits per heavy atom. The molecule has 1 N–H and O–H groups in total. The topological polar surface area (TPSA) is 66.5 Å². The standard InChI is InChI=1S/C34H34N2O3/c1-19(2)16-23-11-13-24(14-12-23)32(38)30-31(22(5)37)36-28-15-10-20(3)17-25(28)21(4)18-29(36)34(30)26-8-6-7-9-27(26)35-33(34)39/h6-15,17-19,29-31H,16H2,1-5H3,(H,35,39). The van der Waals surface area contributed by atoms with Gasteiger partial charge in [0, 0.05) is 22.5 Å². The lowest BCUT2D eigenvalue weighted by Gasteiger charge is -2.39. The van der Waals surface area contributed by atoms with Gasteiger partial charge in [-0.05, 0) is 68.0 Å². The molecule has 0 bridgehead atoms. The number of allylic oxidation sites excluding steroid dienone is 1. The van der Waals surface area contributed by atoms with Gasteiger partial charge in [0.1, 0.15) is 5.41 Å². The molecule has 1 saturated heterocycles. The van der Waals surface area contributed by atoms with Crippen LogP contribution in [0.4, 0.5) is 11.4 Å². The highest BCUT2D eigenvalue weighted by molar-refractivity contribution is 6.16. The SMILES string of the molecule is CC(=O)C1C(C(=O)c2ccc(CC(C)C)cc2)C2(C(=O)Nc3ccccc32)C2C=C(C)c3cc(C)ccc3N12. The van der Waals surface area contributed by atoms with E-state index in [9.17, 15) is 14.4 Å². The molecule has 3 aliphatic rings. The third-order valence-corrected chi connectivity index (χ3v) is 8.71. The molecule has 1 spiro atoms. The number of Topliss-reactive ketones (excluding diaryl/α,β-unsaturated/α-hetero) is 2. The molecule has 39 heavy (non-hydrogen) atoms. The van der Waals surface area contributed by atoms with E-state index in [2.05, 4.69) is 36.2 Å². The summed E-state index contributed by atoms with van der Waals surface area (Å²) in [6.45, 7) is 9.97. The van der Waals surface area contributed by atoms with Gasteiger partial charge in [0.05, 0.1) is 18.0 Å². The summed E-state index contributed by atoms with van der Waals surface area (Å²) in [5.41, 5.74) is 6.02. The largest absolute Gasteiger partial charge is 0.352 e. The monoisotopic (exact) mass is 518 g/mol. The molecule has 6 rings (SSSR count). The van der Waals surface area contributed by atoms with Gasteiger partial charge in [-0.15, -0.1) is 0 Å². The maximum atomic E-state index is 14.6. The third-order valence-electron chi connectivity index (χ3n) is 8.71. The number of rotatable bonds is 5. The minimum Gasteiger partial charge on any atom is -0.352 e. The number of nitrogens with zero attached hydrogens (tertiary/aromatic N) is 1. The van der Waals surface area contributed by atoms with Crippen LogP contribution in [-0.4, -0.2) is 29.6 Å². The number of aryl methyl sites for hydroxylation is 1. The number of fused-ring (bicyclic) bond motifs is 6. The Hall–Kier alpha value is -3.99. The van der Waals surface area contributed by atoms with Crippen LogP contribution in [0, 0.1) is 18.8 Å². The molecule has 4 atom stereocenters. The van der Waals surface area contributed by atoms with Crippen molar-refractivity contribution in [3.63, 3.8) is 0 Å². The van der Waals surface area contributed by atoms with E-state index in [0.717, 1.165) is 39.9 Å². The zero-order valence-electron chi connectivity index (χ0n) is 23.1. The Bertz CT molecular complexity index is 1550. The van der Waals surface area contributed by atoms with Crippen molar-refractivity contribution in [3.05, 3.63) is 101 Å². The fourth-order valence-corrected chi connectivity index (χ4v) is 7.15. The van der Waals surface area contributed by atoms with Crippen LogP contribution < -0.4 is 10.2 Å². The molecule has 5 heteroatoms. The van der Waals surface area contributed by atoms with Crippen LogP contribution in [0.2, 0.25) is 0 Å². The van der Waals surface area contributed by atoms with Crippen molar-refractivity contribution in [2.24, 2.45) is 11.8 Å². The van der Waals surface area contributed by atoms with Gasteiger partial charge in [0.25, 0.3) is 0 Å². The number of para-hydroxylation sites is 1. The number of ketones is 2. The Morgan fingerprint density at radius 3 is 2.41 bits per heavy atom. The van der Waals surface area contributed by atoms with Gasteiger partial charge < -0.3 is 10.2 Å². The number of hydrogen-bond acceptors (Lipinski definition) is 4. The predicted molar refractivity (Wildman–Crippen MR) is 155 cm³/mol. The van der Waals surface area contributed by atoms with Gasteiger partial charge in [-0.25, -0.2) is 0 Å². The highest BCUT2D eigenvalue weighted by Crippen LogP contribution is 2.58. The van der Waals surface area contributed by atoms with Crippen LogP contribution in [0.5, 0.6) is 0 Å². The van der Waals surface area contributed by atoms with Gasteiger partial charge in [-0.3, -0.25) is 14.4 Å². The summed E-state index contributed by atoms with van der Waals surface area (Å²) < 4.78 is 0. The zero-order valence-corrected chi connectivity index (χ0v) is 23.1. The molecule has 198 valence electrons. The summed E-state index contributed by atoms with van der Waals surface area (Å²) in [5, 5.41) is 3.08. The van der Waals surface area contributed by atoms with Crippen LogP contribution in [0.15, 0.2) is 72.8 Å². The molecular weight excluding hydrogens is 484 g/mol. The van der Waals surface area contributed by atoms with E-state index in [1.165, 1.54) is 0 Å². The van der Waals surface area contributed by atoms with Crippen LogP contribution >= 0.6 is 0 Å². The summed E-state index contributed by atoms with van der Waals surface area (Å²) >= 11 is 0. The molecule has 0 aromatic heterocycles. The van der Waals surface area contributed by atoms with Crippen molar-refractivity contribution in [2.45, 2.75) is 58.5 Å². The Balaban J connectivity index is 1.60. The third kappa shape index (κ3) is 3.63. The molecule has 3 aliphatic heterocycles. The minimum atomic E-state index is -1.25. The second-order valence-electron chi connectivity index (χ2n) is 11.8. The molecule has 3 aromatic carbocycles. The number of carbonyl (C=O) groups excluding carboxylic acids is 3. The molecule has 5 nitrogen and oxygen atoms in total. The maximum absolute atomic E-state index is 14.6. The van der Waals surface area contributed by atoms with E-state index >= 15 is 0 Å². The highest BCUT2D eigenvalue weighted by Gasteiger charge is 2.70. The summed E-state index contributed by atoms with van der Waals surface area (Å²) in [6, 6.07) is 20.2. The van der Waals surface area contributed by atoms with Gasteiger partial charge in [0.15, 0.2) is 11.6 Å². The molecule has 0 aliphatic carbocycles. The summed E-state index contributed by atoms with van der Waals surface area (Å²) in [7, 11) is 0. The van der Waals surface area contributed by atoms with Gasteiger partial charge in [-0.1, -0.05) is 74.0 Å². The molecule has 0 radical (unpaired) electrons. The predicted octanol–water partition coefficient (Wildman–Crippen LogP) is 6.15. The summed E-state index contributed by atoms with van der Waals surface area (Å²) in [6.07, 6.45) is 3.02. The van der Waals surface area contributed by atoms with E-state index in [1.54, 1.807) is 6.92 Å². The first-order valence-electron chi connectivity index (χ1n) is 13.8. The van der Waals surface area contributed by atoms with Crippen molar-refractivity contribution in [1.82, 2.24) is 0 Å². The first-order chi connectivity index (χ1) is 18.6. The van der Waals surface area contributed by atoms with E-state index in [0.29, 0.717) is 17.2 Å². The van der Waals surface area contributed by atoms with E-state index in [4.69, 9.17) is 0 Å². The van der Waals surface area contributed by atoms with Crippen LogP contribution in [0.25, 0.3) is 5.57 Å². The normalized spacial score (nSPS) is 24.8. The van der Waals surface area contributed by atoms with Crippen LogP contribution in [0.3, 0.4) is 0 Å². The average Bonchev–Trinajstić information content (AvgIpc) is 3.37. The lowest BCUT2D eigenvalue weighted by Crippen LogP contribution is -2.51. The molecule has 1 amide bonds. The maximum Gasteiger partial charge on any atom is 0.238 e. The number of hydrogen-bond donors (Lipinski definition) is 1. The van der Waals surface area contributed by atoms with Gasteiger partial charge >= 0.3 is 0 Å². The Morgan fingerprint density at radius 1 is 1.00 bits per heavy atom. The number of nitrogens with one attached hydrogen (secondary N) is 1. The quantitative estimate of drug-likeness (QED) is 0.412. The van der Waals surface area contributed by atoms with Crippen molar-refractivity contribution in [3.8, 4) is 0 Å². The molecule has 3 heterocycles. The number of carbonyl (C=O) groups is 3. The molecule has 1 fully saturated rings. The van der Waals surface area contributed by atoms with Crippen LogP contribution in [0.1, 0.15) is 60.3 Å². The molecule has 0 saturated carbocycles. The lowest BCUT2D eigenvalue weighted by atomic mass is 9.64. The first-order valence-corrected chi connectivity index (χ1v) is 13.8. The molecule has 3 aromatic rings. The molecular formula is C34H34N2O3. The van der Waals surface area contributed by atoms with Crippen LogP contribution in [-0.2, 0) is 21.4 Å². The smallest absolute Gasteiger partial charge is 0.238 e. The lowest BCUT2D eigenvalue weighted by molar-refractivity contribution is -0.122. The van der Waals surface area contributed by atoms with Gasteiger partial charge in [-0.2, -0.15) is 0 Å². The average molecular weight is 519 g/mol. The second kappa shape index (κ2) is 9.04. The number of amides is 1. The Labute approximate surface area is 229 Å². The highest BCUT2D eigenvalue weighted by atomic mass is 16.2. The fourth-order valence-electron chi connectivity index (χ4n) is 7.15. The number of benzene rings is 3. The summed E-state index contributed by atoms with van der Waals surface area (Å²) in [5.74, 6) is -0.914.